The zero-order chi connectivity index (χ0) is 12.1. The topological polar surface area (TPSA) is 64.4 Å². The summed E-state index contributed by atoms with van der Waals surface area (Å²) in [7, 11) is 0. The molecule has 0 unspecified atom stereocenters. The Bertz CT molecular complexity index is 211. The molecule has 1 amide bonds. The van der Waals surface area contributed by atoms with E-state index in [1.165, 1.54) is 0 Å². The van der Waals surface area contributed by atoms with Crippen LogP contribution in [0.1, 0.15) is 26.7 Å². The number of nitrogens with two attached hydrogens (primary N) is 1. The summed E-state index contributed by atoms with van der Waals surface area (Å²) >= 11 is 0. The van der Waals surface area contributed by atoms with E-state index in [0.29, 0.717) is 6.42 Å². The molecule has 90 valence electrons. The van der Waals surface area contributed by atoms with E-state index in [-0.39, 0.29) is 6.42 Å². The maximum Gasteiger partial charge on any atom is 0.414 e. The molecule has 0 spiro atoms. The Morgan fingerprint density at radius 1 is 1.40 bits per heavy atom. The van der Waals surface area contributed by atoms with Crippen molar-refractivity contribution in [1.82, 2.24) is 5.48 Å². The normalized spacial score (nSPS) is 12.7. The van der Waals surface area contributed by atoms with Crippen molar-refractivity contribution in [2.24, 2.45) is 5.73 Å². The fourth-order valence-corrected chi connectivity index (χ4v) is 0.685. The summed E-state index contributed by atoms with van der Waals surface area (Å²) in [5.74, 6) is -0.613. The summed E-state index contributed by atoms with van der Waals surface area (Å²) in [6, 6.07) is 0. The van der Waals surface area contributed by atoms with Gasteiger partial charge in [0, 0.05) is 12.0 Å². The van der Waals surface area contributed by atoms with Crippen molar-refractivity contribution in [3.63, 3.8) is 0 Å². The summed E-state index contributed by atoms with van der Waals surface area (Å²) in [6.45, 7) is 1.94. The van der Waals surface area contributed by atoms with Crippen molar-refractivity contribution < 1.29 is 22.8 Å². The molecule has 0 aromatic heterocycles. The van der Waals surface area contributed by atoms with Gasteiger partial charge in [0.15, 0.2) is 6.61 Å². The highest BCUT2D eigenvalue weighted by Crippen LogP contribution is 2.13. The maximum atomic E-state index is 11.6. The lowest BCUT2D eigenvalue weighted by molar-refractivity contribution is -0.191. The molecule has 4 nitrogen and oxygen atoms in total. The molecule has 0 radical (unpaired) electrons. The number of hydrogen-bond acceptors (Lipinski definition) is 3. The number of amides is 1. The molecule has 7 heteroatoms. The molecule has 0 fully saturated rings. The highest BCUT2D eigenvalue weighted by molar-refractivity contribution is 5.74. The Labute approximate surface area is 85.9 Å². The summed E-state index contributed by atoms with van der Waals surface area (Å²) in [5.41, 5.74) is 6.75. The van der Waals surface area contributed by atoms with Crippen LogP contribution in [-0.2, 0) is 9.63 Å². The van der Waals surface area contributed by atoms with Crippen molar-refractivity contribution >= 4 is 5.91 Å². The fourth-order valence-electron chi connectivity index (χ4n) is 0.685. The van der Waals surface area contributed by atoms with Gasteiger partial charge in [0.1, 0.15) is 0 Å². The first kappa shape index (κ1) is 14.2. The van der Waals surface area contributed by atoms with Crippen molar-refractivity contribution in [2.75, 3.05) is 6.61 Å². The van der Waals surface area contributed by atoms with Crippen LogP contribution in [0.4, 0.5) is 13.2 Å². The van der Waals surface area contributed by atoms with Crippen LogP contribution in [-0.4, -0.2) is 24.2 Å². The Balaban J connectivity index is 3.60. The molecule has 0 aromatic rings. The second-order valence-corrected chi connectivity index (χ2v) is 3.92. The predicted molar refractivity (Wildman–Crippen MR) is 47.7 cm³/mol. The fraction of sp³-hybridized carbons (Fsp3) is 0.875. The van der Waals surface area contributed by atoms with E-state index in [9.17, 15) is 18.0 Å². The number of carbonyl (C=O) groups excluding carboxylic acids is 1. The Morgan fingerprint density at radius 2 is 1.93 bits per heavy atom. The number of alkyl halides is 3. The first-order valence-electron chi connectivity index (χ1n) is 4.36. The van der Waals surface area contributed by atoms with Gasteiger partial charge in [-0.05, 0) is 20.3 Å². The van der Waals surface area contributed by atoms with E-state index < -0.39 is 24.2 Å². The third-order valence-corrected chi connectivity index (χ3v) is 1.42. The van der Waals surface area contributed by atoms with Crippen LogP contribution in [0.3, 0.4) is 0 Å². The van der Waals surface area contributed by atoms with Crippen molar-refractivity contribution in [2.45, 2.75) is 38.4 Å². The smallest absolute Gasteiger partial charge is 0.326 e. The molecular formula is C8H15F3N2O2. The molecule has 0 heterocycles. The van der Waals surface area contributed by atoms with Crippen LogP contribution < -0.4 is 11.2 Å². The van der Waals surface area contributed by atoms with Crippen LogP contribution >= 0.6 is 0 Å². The number of carbonyl (C=O) groups is 1. The summed E-state index contributed by atoms with van der Waals surface area (Å²) < 4.78 is 34.8. The molecule has 0 saturated carbocycles. The van der Waals surface area contributed by atoms with Crippen molar-refractivity contribution in [1.29, 1.82) is 0 Å². The van der Waals surface area contributed by atoms with Crippen LogP contribution in [0.5, 0.6) is 0 Å². The third-order valence-electron chi connectivity index (χ3n) is 1.42. The molecule has 0 bridgehead atoms. The number of hydroxylamine groups is 1. The van der Waals surface area contributed by atoms with Gasteiger partial charge >= 0.3 is 6.18 Å². The zero-order valence-corrected chi connectivity index (χ0v) is 8.65. The van der Waals surface area contributed by atoms with Gasteiger partial charge in [-0.15, -0.1) is 0 Å². The van der Waals surface area contributed by atoms with Crippen LogP contribution in [0.15, 0.2) is 0 Å². The van der Waals surface area contributed by atoms with E-state index in [4.69, 9.17) is 5.73 Å². The Kier molecular flexibility index (Phi) is 5.02. The SMILES string of the molecule is CC(C)(N)CCC(=O)NOCC(F)(F)F. The lowest BCUT2D eigenvalue weighted by atomic mass is 10.0. The standard InChI is InChI=1S/C8H15F3N2O2/c1-7(2,12)4-3-6(14)13-15-5-8(9,10)11/h3-5,12H2,1-2H3,(H,13,14). The minimum Gasteiger partial charge on any atom is -0.326 e. The zero-order valence-electron chi connectivity index (χ0n) is 8.65. The molecule has 0 aromatic carbocycles. The number of nitrogens with one attached hydrogen (secondary N) is 1. The average molecular weight is 228 g/mol. The molecule has 0 aliphatic carbocycles. The first-order valence-corrected chi connectivity index (χ1v) is 4.36. The number of halogens is 3. The van der Waals surface area contributed by atoms with Crippen LogP contribution in [0.2, 0.25) is 0 Å². The quantitative estimate of drug-likeness (QED) is 0.693. The van der Waals surface area contributed by atoms with Crippen molar-refractivity contribution in [3.05, 3.63) is 0 Å². The molecule has 0 atom stereocenters. The minimum absolute atomic E-state index is 0.0291. The predicted octanol–water partition coefficient (Wildman–Crippen LogP) is 1.11. The lowest BCUT2D eigenvalue weighted by Gasteiger charge is -2.17. The maximum absolute atomic E-state index is 11.6. The van der Waals surface area contributed by atoms with E-state index in [1.807, 2.05) is 0 Å². The van der Waals surface area contributed by atoms with Crippen LogP contribution in [0.25, 0.3) is 0 Å². The van der Waals surface area contributed by atoms with Crippen LogP contribution in [0, 0.1) is 0 Å². The van der Waals surface area contributed by atoms with E-state index in [0.717, 1.165) is 0 Å². The molecule has 0 aliphatic heterocycles. The van der Waals surface area contributed by atoms with E-state index >= 15 is 0 Å². The molecule has 0 aliphatic rings. The van der Waals surface area contributed by atoms with Gasteiger partial charge in [0.25, 0.3) is 0 Å². The largest absolute Gasteiger partial charge is 0.414 e. The minimum atomic E-state index is -4.44. The number of hydrogen-bond donors (Lipinski definition) is 2. The second-order valence-electron chi connectivity index (χ2n) is 3.92. The van der Waals surface area contributed by atoms with Gasteiger partial charge in [-0.2, -0.15) is 13.2 Å². The lowest BCUT2D eigenvalue weighted by Crippen LogP contribution is -2.35. The van der Waals surface area contributed by atoms with E-state index in [2.05, 4.69) is 4.84 Å². The third kappa shape index (κ3) is 11.1. The molecule has 0 saturated heterocycles. The summed E-state index contributed by atoms with van der Waals surface area (Å²) in [6.07, 6.45) is -4.05. The van der Waals surface area contributed by atoms with Gasteiger partial charge in [0.05, 0.1) is 0 Å². The Morgan fingerprint density at radius 3 is 2.33 bits per heavy atom. The first-order chi connectivity index (χ1) is 6.60. The highest BCUT2D eigenvalue weighted by atomic mass is 19.4. The molecule has 15 heavy (non-hydrogen) atoms. The van der Waals surface area contributed by atoms with Gasteiger partial charge in [0.2, 0.25) is 5.91 Å². The summed E-state index contributed by atoms with van der Waals surface area (Å²) in [4.78, 5) is 14.9. The van der Waals surface area contributed by atoms with Gasteiger partial charge in [-0.3, -0.25) is 9.63 Å². The summed E-state index contributed by atoms with van der Waals surface area (Å²) in [5, 5.41) is 0. The van der Waals surface area contributed by atoms with Gasteiger partial charge < -0.3 is 5.73 Å². The second kappa shape index (κ2) is 5.32. The van der Waals surface area contributed by atoms with Crippen molar-refractivity contribution in [3.8, 4) is 0 Å². The number of rotatable bonds is 5. The Hall–Kier alpha value is -0.820. The average Bonchev–Trinajstić information content (AvgIpc) is 1.97. The van der Waals surface area contributed by atoms with Gasteiger partial charge in [-0.1, -0.05) is 0 Å². The molecular weight excluding hydrogens is 213 g/mol. The highest BCUT2D eigenvalue weighted by Gasteiger charge is 2.28. The monoisotopic (exact) mass is 228 g/mol. The van der Waals surface area contributed by atoms with Gasteiger partial charge in [-0.25, -0.2) is 5.48 Å². The molecule has 0 rings (SSSR count). The molecule has 3 N–H and O–H groups in total. The van der Waals surface area contributed by atoms with E-state index in [1.54, 1.807) is 19.3 Å².